The SMILES string of the molecule is CCC(=O)N(Cc1cccc(-c2ccc3ncnc(NC4CC4)c3c2)c1)c1ccco1. The van der Waals surface area contributed by atoms with Gasteiger partial charge in [0.25, 0.3) is 0 Å². The third kappa shape index (κ3) is 4.14. The second-order valence-corrected chi connectivity index (χ2v) is 7.86. The number of aromatic nitrogens is 2. The highest BCUT2D eigenvalue weighted by Crippen LogP contribution is 2.31. The van der Waals surface area contributed by atoms with Gasteiger partial charge in [0, 0.05) is 23.9 Å². The van der Waals surface area contributed by atoms with Crippen LogP contribution in [0.15, 0.2) is 71.6 Å². The van der Waals surface area contributed by atoms with Crippen LogP contribution >= 0.6 is 0 Å². The summed E-state index contributed by atoms with van der Waals surface area (Å²) in [5.74, 6) is 1.48. The van der Waals surface area contributed by atoms with Crippen LogP contribution in [0.4, 0.5) is 11.7 Å². The second kappa shape index (κ2) is 8.22. The minimum absolute atomic E-state index is 0.0269. The number of hydrogen-bond donors (Lipinski definition) is 1. The van der Waals surface area contributed by atoms with Crippen molar-refractivity contribution < 1.29 is 9.21 Å². The lowest BCUT2D eigenvalue weighted by atomic mass is 10.0. The number of anilines is 2. The molecular formula is C25H24N4O2. The van der Waals surface area contributed by atoms with Gasteiger partial charge >= 0.3 is 0 Å². The van der Waals surface area contributed by atoms with Crippen LogP contribution in [-0.4, -0.2) is 21.9 Å². The zero-order valence-corrected chi connectivity index (χ0v) is 17.4. The van der Waals surface area contributed by atoms with E-state index in [0.717, 1.165) is 33.4 Å². The van der Waals surface area contributed by atoms with E-state index >= 15 is 0 Å². The summed E-state index contributed by atoms with van der Waals surface area (Å²) in [5, 5.41) is 4.53. The Bertz CT molecular complexity index is 1220. The van der Waals surface area contributed by atoms with Crippen LogP contribution in [-0.2, 0) is 11.3 Å². The molecule has 1 amide bonds. The van der Waals surface area contributed by atoms with Gasteiger partial charge in [-0.05, 0) is 53.8 Å². The van der Waals surface area contributed by atoms with Crippen molar-refractivity contribution in [3.8, 4) is 11.1 Å². The Morgan fingerprint density at radius 3 is 2.74 bits per heavy atom. The molecule has 5 rings (SSSR count). The average molecular weight is 412 g/mol. The van der Waals surface area contributed by atoms with Gasteiger partial charge in [-0.3, -0.25) is 9.69 Å². The maximum atomic E-state index is 12.5. The van der Waals surface area contributed by atoms with Crippen molar-refractivity contribution in [3.63, 3.8) is 0 Å². The van der Waals surface area contributed by atoms with E-state index < -0.39 is 0 Å². The number of amides is 1. The fourth-order valence-electron chi connectivity index (χ4n) is 3.71. The number of carbonyl (C=O) groups excluding carboxylic acids is 1. The Morgan fingerprint density at radius 1 is 1.10 bits per heavy atom. The third-order valence-electron chi connectivity index (χ3n) is 5.53. The van der Waals surface area contributed by atoms with E-state index in [1.807, 2.05) is 31.2 Å². The molecule has 4 aromatic rings. The van der Waals surface area contributed by atoms with Crippen molar-refractivity contribution in [2.75, 3.05) is 10.2 Å². The summed E-state index contributed by atoms with van der Waals surface area (Å²) >= 11 is 0. The lowest BCUT2D eigenvalue weighted by Crippen LogP contribution is -2.29. The molecule has 31 heavy (non-hydrogen) atoms. The lowest BCUT2D eigenvalue weighted by molar-refractivity contribution is -0.118. The van der Waals surface area contributed by atoms with Gasteiger partial charge in [0.1, 0.15) is 12.1 Å². The average Bonchev–Trinajstić information content (AvgIpc) is 3.46. The Morgan fingerprint density at radius 2 is 1.97 bits per heavy atom. The highest BCUT2D eigenvalue weighted by Gasteiger charge is 2.22. The summed E-state index contributed by atoms with van der Waals surface area (Å²) < 4.78 is 5.49. The van der Waals surface area contributed by atoms with Gasteiger partial charge in [0.15, 0.2) is 0 Å². The Kier molecular flexibility index (Phi) is 5.12. The van der Waals surface area contributed by atoms with Gasteiger partial charge in [-0.25, -0.2) is 9.97 Å². The molecule has 0 atom stereocenters. The fourth-order valence-corrected chi connectivity index (χ4v) is 3.71. The van der Waals surface area contributed by atoms with E-state index in [2.05, 4.69) is 39.6 Å². The third-order valence-corrected chi connectivity index (χ3v) is 5.53. The molecule has 0 unspecified atom stereocenters. The van der Waals surface area contributed by atoms with E-state index in [-0.39, 0.29) is 5.91 Å². The summed E-state index contributed by atoms with van der Waals surface area (Å²) in [6, 6.07) is 18.7. The zero-order valence-electron chi connectivity index (χ0n) is 17.4. The molecule has 1 saturated carbocycles. The van der Waals surface area contributed by atoms with Crippen LogP contribution in [0.1, 0.15) is 31.7 Å². The predicted molar refractivity (Wildman–Crippen MR) is 122 cm³/mol. The van der Waals surface area contributed by atoms with E-state index in [4.69, 9.17) is 4.42 Å². The highest BCUT2D eigenvalue weighted by atomic mass is 16.3. The van der Waals surface area contributed by atoms with Gasteiger partial charge in [-0.2, -0.15) is 0 Å². The fraction of sp³-hybridized carbons (Fsp3) is 0.240. The molecule has 1 N–H and O–H groups in total. The molecule has 6 nitrogen and oxygen atoms in total. The van der Waals surface area contributed by atoms with Crippen LogP contribution < -0.4 is 10.2 Å². The molecule has 1 fully saturated rings. The minimum Gasteiger partial charge on any atom is -0.448 e. The molecule has 2 aromatic carbocycles. The van der Waals surface area contributed by atoms with E-state index in [1.54, 1.807) is 23.6 Å². The van der Waals surface area contributed by atoms with Crippen LogP contribution in [0.5, 0.6) is 0 Å². The van der Waals surface area contributed by atoms with Gasteiger partial charge in [0.05, 0.1) is 18.3 Å². The van der Waals surface area contributed by atoms with Crippen LogP contribution in [0, 0.1) is 0 Å². The van der Waals surface area contributed by atoms with E-state index in [9.17, 15) is 4.79 Å². The van der Waals surface area contributed by atoms with E-state index in [0.29, 0.717) is 24.9 Å². The number of fused-ring (bicyclic) bond motifs is 1. The lowest BCUT2D eigenvalue weighted by Gasteiger charge is -2.20. The van der Waals surface area contributed by atoms with Crippen LogP contribution in [0.3, 0.4) is 0 Å². The van der Waals surface area contributed by atoms with Gasteiger partial charge < -0.3 is 9.73 Å². The maximum absolute atomic E-state index is 12.5. The zero-order chi connectivity index (χ0) is 21.2. The number of nitrogens with zero attached hydrogens (tertiary/aromatic N) is 3. The first kappa shape index (κ1) is 19.3. The molecule has 1 aliphatic rings. The number of nitrogens with one attached hydrogen (secondary N) is 1. The molecule has 0 radical (unpaired) electrons. The standard InChI is InChI=1S/C25H24N4O2/c1-2-23(30)29(24-7-4-12-31-24)15-17-5-3-6-18(13-17)19-8-11-22-21(14-19)25(27-16-26-22)28-20-9-10-20/h3-8,11-14,16,20H,2,9-10,15H2,1H3,(H,26,27,28). The first-order valence-electron chi connectivity index (χ1n) is 10.7. The largest absolute Gasteiger partial charge is 0.448 e. The van der Waals surface area contributed by atoms with E-state index in [1.165, 1.54) is 12.8 Å². The van der Waals surface area contributed by atoms with Crippen molar-refractivity contribution >= 4 is 28.5 Å². The Labute approximate surface area is 180 Å². The minimum atomic E-state index is 0.0269. The predicted octanol–water partition coefficient (Wildman–Crippen LogP) is 5.41. The number of furan rings is 1. The first-order chi connectivity index (χ1) is 15.2. The monoisotopic (exact) mass is 412 g/mol. The maximum Gasteiger partial charge on any atom is 0.229 e. The number of carbonyl (C=O) groups is 1. The molecule has 0 bridgehead atoms. The van der Waals surface area contributed by atoms with Gasteiger partial charge in [-0.15, -0.1) is 0 Å². The smallest absolute Gasteiger partial charge is 0.229 e. The van der Waals surface area contributed by atoms with Crippen LogP contribution in [0.25, 0.3) is 22.0 Å². The van der Waals surface area contributed by atoms with Crippen molar-refractivity contribution in [2.24, 2.45) is 0 Å². The van der Waals surface area contributed by atoms with Crippen LogP contribution in [0.2, 0.25) is 0 Å². The highest BCUT2D eigenvalue weighted by molar-refractivity contribution is 5.93. The molecule has 1 aliphatic carbocycles. The molecule has 2 heterocycles. The quantitative estimate of drug-likeness (QED) is 0.440. The van der Waals surface area contributed by atoms with Crippen molar-refractivity contribution in [1.29, 1.82) is 0 Å². The summed E-state index contributed by atoms with van der Waals surface area (Å²) in [6.45, 7) is 2.32. The molecular weight excluding hydrogens is 388 g/mol. The first-order valence-corrected chi connectivity index (χ1v) is 10.7. The Hall–Kier alpha value is -3.67. The summed E-state index contributed by atoms with van der Waals surface area (Å²) in [7, 11) is 0. The normalized spacial score (nSPS) is 13.3. The second-order valence-electron chi connectivity index (χ2n) is 7.86. The van der Waals surface area contributed by atoms with Gasteiger partial charge in [0.2, 0.25) is 11.8 Å². The molecule has 156 valence electrons. The number of hydrogen-bond acceptors (Lipinski definition) is 5. The summed E-state index contributed by atoms with van der Waals surface area (Å²) in [5.41, 5.74) is 4.14. The summed E-state index contributed by atoms with van der Waals surface area (Å²) in [4.78, 5) is 23.0. The van der Waals surface area contributed by atoms with Crippen molar-refractivity contribution in [3.05, 3.63) is 72.8 Å². The van der Waals surface area contributed by atoms with Crippen molar-refractivity contribution in [2.45, 2.75) is 38.8 Å². The van der Waals surface area contributed by atoms with Crippen molar-refractivity contribution in [1.82, 2.24) is 9.97 Å². The molecule has 6 heteroatoms. The molecule has 0 aliphatic heterocycles. The Balaban J connectivity index is 1.47. The molecule has 2 aromatic heterocycles. The number of rotatable bonds is 7. The molecule has 0 saturated heterocycles. The summed E-state index contributed by atoms with van der Waals surface area (Å²) in [6.07, 6.45) is 6.00. The topological polar surface area (TPSA) is 71.3 Å². The number of benzene rings is 2. The molecule has 0 spiro atoms. The van der Waals surface area contributed by atoms with Gasteiger partial charge in [-0.1, -0.05) is 31.2 Å².